The Balaban J connectivity index is 0.00000176. The van der Waals surface area contributed by atoms with Gasteiger partial charge in [0.25, 0.3) is 0 Å². The number of benzene rings is 1. The van der Waals surface area contributed by atoms with Crippen LogP contribution in [0.15, 0.2) is 28.7 Å². The fraction of sp³-hybridized carbons (Fsp3) is 0.467. The minimum Gasteiger partial charge on any atom is -0.340 e. The lowest BCUT2D eigenvalue weighted by atomic mass is 10.1. The Morgan fingerprint density at radius 1 is 1.23 bits per heavy atom. The molecule has 0 spiro atoms. The average molecular weight is 389 g/mol. The number of hydrogen-bond donors (Lipinski definition) is 1. The summed E-state index contributed by atoms with van der Waals surface area (Å²) >= 11 is 3.46. The molecular formula is C15H19BrClN3O2. The van der Waals surface area contributed by atoms with E-state index in [0.29, 0.717) is 26.1 Å². The Bertz CT molecular complexity index is 584. The summed E-state index contributed by atoms with van der Waals surface area (Å²) < 4.78 is 0.870. The molecule has 2 amide bonds. The second kappa shape index (κ2) is 6.98. The molecule has 2 heterocycles. The van der Waals surface area contributed by atoms with Crippen molar-refractivity contribution < 1.29 is 9.59 Å². The highest BCUT2D eigenvalue weighted by Gasteiger charge is 2.41. The van der Waals surface area contributed by atoms with Gasteiger partial charge in [-0.2, -0.15) is 0 Å². The minimum absolute atomic E-state index is 0. The normalized spacial score (nSPS) is 24.5. The minimum atomic E-state index is -0.553. The number of hydrogen-bond acceptors (Lipinski definition) is 3. The second-order valence-electron chi connectivity index (χ2n) is 5.62. The molecule has 2 aliphatic heterocycles. The van der Waals surface area contributed by atoms with E-state index in [2.05, 4.69) is 15.9 Å². The number of nitrogens with two attached hydrogens (primary N) is 1. The molecule has 0 aliphatic carbocycles. The molecular weight excluding hydrogens is 370 g/mol. The van der Waals surface area contributed by atoms with Crippen LogP contribution in [-0.2, 0) is 9.59 Å². The predicted octanol–water partition coefficient (Wildman–Crippen LogP) is 1.78. The van der Waals surface area contributed by atoms with Crippen LogP contribution in [0, 0.1) is 5.92 Å². The van der Waals surface area contributed by atoms with Crippen molar-refractivity contribution in [1.29, 1.82) is 0 Å². The first-order chi connectivity index (χ1) is 10.1. The van der Waals surface area contributed by atoms with Crippen molar-refractivity contribution in [2.45, 2.75) is 18.9 Å². The van der Waals surface area contributed by atoms with Gasteiger partial charge in [-0.1, -0.05) is 12.1 Å². The van der Waals surface area contributed by atoms with Crippen molar-refractivity contribution in [3.05, 3.63) is 28.7 Å². The lowest BCUT2D eigenvalue weighted by Gasteiger charge is -2.21. The molecule has 1 unspecified atom stereocenters. The highest BCUT2D eigenvalue weighted by molar-refractivity contribution is 9.10. The summed E-state index contributed by atoms with van der Waals surface area (Å²) in [6, 6.07) is 7.63. The molecule has 3 rings (SSSR count). The van der Waals surface area contributed by atoms with E-state index in [4.69, 9.17) is 5.73 Å². The molecule has 2 atom stereocenters. The molecule has 0 saturated carbocycles. The Morgan fingerprint density at radius 2 is 1.95 bits per heavy atom. The van der Waals surface area contributed by atoms with Crippen LogP contribution < -0.4 is 10.6 Å². The number of rotatable bonds is 2. The first-order valence-corrected chi connectivity index (χ1v) is 7.97. The molecule has 1 aromatic carbocycles. The van der Waals surface area contributed by atoms with Crippen molar-refractivity contribution >= 4 is 45.8 Å². The topological polar surface area (TPSA) is 66.6 Å². The highest BCUT2D eigenvalue weighted by Crippen LogP contribution is 2.32. The molecule has 2 aliphatic rings. The van der Waals surface area contributed by atoms with E-state index in [1.165, 1.54) is 0 Å². The van der Waals surface area contributed by atoms with Crippen LogP contribution in [0.25, 0.3) is 0 Å². The van der Waals surface area contributed by atoms with Crippen molar-refractivity contribution in [3.8, 4) is 0 Å². The van der Waals surface area contributed by atoms with Gasteiger partial charge in [0.1, 0.15) is 5.92 Å². The van der Waals surface area contributed by atoms with E-state index in [1.807, 2.05) is 24.3 Å². The Kier molecular flexibility index (Phi) is 5.47. The molecule has 120 valence electrons. The highest BCUT2D eigenvalue weighted by atomic mass is 79.9. The number of likely N-dealkylation sites (tertiary alicyclic amines) is 1. The standard InChI is InChI=1S/C15H18BrN3O2.ClH/c16-12-3-1-2-4-13(12)19-8-6-11(15(19)21)14(20)18-7-5-10(17)9-18;/h1-4,10-11H,5-9,17H2;1H/t10-,11?;/m1./s1. The summed E-state index contributed by atoms with van der Waals surface area (Å²) in [5.41, 5.74) is 6.67. The zero-order valence-corrected chi connectivity index (χ0v) is 14.5. The Hall–Kier alpha value is -1.11. The maximum atomic E-state index is 12.6. The number of carbonyl (C=O) groups is 2. The molecule has 7 heteroatoms. The van der Waals surface area contributed by atoms with Gasteiger partial charge >= 0.3 is 0 Å². The third-order valence-corrected chi connectivity index (χ3v) is 4.85. The molecule has 2 fully saturated rings. The molecule has 0 aromatic heterocycles. The van der Waals surface area contributed by atoms with Crippen LogP contribution in [0.2, 0.25) is 0 Å². The summed E-state index contributed by atoms with van der Waals surface area (Å²) in [5.74, 6) is -0.725. The van der Waals surface area contributed by atoms with Crippen LogP contribution in [-0.4, -0.2) is 42.4 Å². The molecule has 5 nitrogen and oxygen atoms in total. The summed E-state index contributed by atoms with van der Waals surface area (Å²) in [7, 11) is 0. The third kappa shape index (κ3) is 3.14. The predicted molar refractivity (Wildman–Crippen MR) is 91.0 cm³/mol. The maximum absolute atomic E-state index is 12.6. The SMILES string of the molecule is Cl.N[C@@H]1CCN(C(=O)C2CCN(c3ccccc3Br)C2=O)C1. The lowest BCUT2D eigenvalue weighted by Crippen LogP contribution is -2.40. The largest absolute Gasteiger partial charge is 0.340 e. The Labute approximate surface area is 144 Å². The quantitative estimate of drug-likeness (QED) is 0.785. The van der Waals surface area contributed by atoms with E-state index in [0.717, 1.165) is 16.6 Å². The van der Waals surface area contributed by atoms with Crippen molar-refractivity contribution in [2.24, 2.45) is 11.7 Å². The number of halogens is 2. The fourth-order valence-corrected chi connectivity index (χ4v) is 3.53. The maximum Gasteiger partial charge on any atom is 0.239 e. The van der Waals surface area contributed by atoms with Crippen molar-refractivity contribution in [2.75, 3.05) is 24.5 Å². The molecule has 2 saturated heterocycles. The number of anilines is 1. The summed E-state index contributed by atoms with van der Waals surface area (Å²) in [4.78, 5) is 28.5. The van der Waals surface area contributed by atoms with Gasteiger partial charge in [0.05, 0.1) is 5.69 Å². The summed E-state index contributed by atoms with van der Waals surface area (Å²) in [5, 5.41) is 0. The third-order valence-electron chi connectivity index (χ3n) is 4.18. The van der Waals surface area contributed by atoms with Crippen molar-refractivity contribution in [3.63, 3.8) is 0 Å². The first kappa shape index (κ1) is 17.2. The van der Waals surface area contributed by atoms with Gasteiger partial charge < -0.3 is 15.5 Å². The summed E-state index contributed by atoms with van der Waals surface area (Å²) in [6.45, 7) is 1.81. The molecule has 0 bridgehead atoms. The van der Waals surface area contributed by atoms with E-state index in [1.54, 1.807) is 9.80 Å². The lowest BCUT2D eigenvalue weighted by molar-refractivity contribution is -0.139. The average Bonchev–Trinajstić information content (AvgIpc) is 3.05. The smallest absolute Gasteiger partial charge is 0.239 e. The van der Waals surface area contributed by atoms with E-state index in [-0.39, 0.29) is 30.3 Å². The van der Waals surface area contributed by atoms with Crippen LogP contribution >= 0.6 is 28.3 Å². The van der Waals surface area contributed by atoms with Crippen LogP contribution in [0.1, 0.15) is 12.8 Å². The number of para-hydroxylation sites is 1. The van der Waals surface area contributed by atoms with Gasteiger partial charge in [0.15, 0.2) is 0 Å². The molecule has 0 radical (unpaired) electrons. The number of nitrogens with zero attached hydrogens (tertiary/aromatic N) is 2. The van der Waals surface area contributed by atoms with Crippen LogP contribution in [0.4, 0.5) is 5.69 Å². The van der Waals surface area contributed by atoms with Crippen LogP contribution in [0.3, 0.4) is 0 Å². The first-order valence-electron chi connectivity index (χ1n) is 7.18. The molecule has 2 N–H and O–H groups in total. The zero-order valence-electron chi connectivity index (χ0n) is 12.1. The van der Waals surface area contributed by atoms with Gasteiger partial charge in [0.2, 0.25) is 11.8 Å². The van der Waals surface area contributed by atoms with Gasteiger partial charge in [-0.3, -0.25) is 9.59 Å². The monoisotopic (exact) mass is 387 g/mol. The van der Waals surface area contributed by atoms with Gasteiger partial charge in [-0.25, -0.2) is 0 Å². The van der Waals surface area contributed by atoms with Gasteiger partial charge in [-0.05, 0) is 40.9 Å². The van der Waals surface area contributed by atoms with Crippen LogP contribution in [0.5, 0.6) is 0 Å². The van der Waals surface area contributed by atoms with E-state index >= 15 is 0 Å². The number of carbonyl (C=O) groups excluding carboxylic acids is 2. The van der Waals surface area contributed by atoms with Gasteiger partial charge in [-0.15, -0.1) is 12.4 Å². The zero-order chi connectivity index (χ0) is 15.0. The molecule has 22 heavy (non-hydrogen) atoms. The summed E-state index contributed by atoms with van der Waals surface area (Å²) in [6.07, 6.45) is 1.39. The van der Waals surface area contributed by atoms with Crippen molar-refractivity contribution in [1.82, 2.24) is 4.90 Å². The van der Waals surface area contributed by atoms with E-state index in [9.17, 15) is 9.59 Å². The van der Waals surface area contributed by atoms with E-state index < -0.39 is 5.92 Å². The second-order valence-corrected chi connectivity index (χ2v) is 6.47. The molecule has 1 aromatic rings. The fourth-order valence-electron chi connectivity index (χ4n) is 3.03. The Morgan fingerprint density at radius 3 is 2.59 bits per heavy atom. The number of amides is 2. The van der Waals surface area contributed by atoms with Gasteiger partial charge in [0, 0.05) is 30.1 Å².